The summed E-state index contributed by atoms with van der Waals surface area (Å²) in [5.41, 5.74) is 1.80. The molecule has 0 saturated carbocycles. The van der Waals surface area contributed by atoms with Gasteiger partial charge in [0.05, 0.1) is 13.2 Å². The Bertz CT molecular complexity index is 747. The zero-order valence-corrected chi connectivity index (χ0v) is 14.8. The molecule has 7 nitrogen and oxygen atoms in total. The van der Waals surface area contributed by atoms with Crippen LogP contribution >= 0.6 is 0 Å². The minimum atomic E-state index is -0.499. The molecule has 0 atom stereocenters. The highest BCUT2D eigenvalue weighted by atomic mass is 16.3. The second kappa shape index (κ2) is 7.06. The number of benzene rings is 1. The van der Waals surface area contributed by atoms with Crippen LogP contribution in [-0.4, -0.2) is 40.9 Å². The lowest BCUT2D eigenvalue weighted by atomic mass is 9.95. The number of carbonyl (C=O) groups excluding carboxylic acids is 3. The fourth-order valence-electron chi connectivity index (χ4n) is 2.26. The molecule has 1 heterocycles. The number of anilines is 2. The average molecular weight is 345 g/mol. The van der Waals surface area contributed by atoms with E-state index in [-0.39, 0.29) is 24.8 Å². The molecule has 2 rings (SSSR count). The fraction of sp³-hybridized carbons (Fsp3) is 0.389. The second-order valence-electron chi connectivity index (χ2n) is 6.94. The van der Waals surface area contributed by atoms with Gasteiger partial charge in [0, 0.05) is 22.9 Å². The monoisotopic (exact) mass is 345 g/mol. The summed E-state index contributed by atoms with van der Waals surface area (Å²) in [6.07, 6.45) is 1.21. The van der Waals surface area contributed by atoms with Crippen LogP contribution in [0.25, 0.3) is 0 Å². The smallest absolute Gasteiger partial charge is 0.277 e. The Balaban J connectivity index is 2.11. The third kappa shape index (κ3) is 4.24. The first-order valence-corrected chi connectivity index (χ1v) is 8.01. The van der Waals surface area contributed by atoms with Gasteiger partial charge in [-0.15, -0.1) is 0 Å². The van der Waals surface area contributed by atoms with Crippen LogP contribution in [-0.2, 0) is 14.4 Å². The highest BCUT2D eigenvalue weighted by Gasteiger charge is 2.30. The van der Waals surface area contributed by atoms with E-state index in [2.05, 4.69) is 10.6 Å². The summed E-state index contributed by atoms with van der Waals surface area (Å²) in [6, 6.07) is 5.25. The molecular formula is C18H23N3O4. The lowest BCUT2D eigenvalue weighted by Crippen LogP contribution is -2.34. The van der Waals surface area contributed by atoms with E-state index < -0.39 is 17.2 Å². The molecule has 1 aromatic rings. The lowest BCUT2D eigenvalue weighted by molar-refractivity contribution is -0.137. The van der Waals surface area contributed by atoms with Crippen LogP contribution in [0, 0.1) is 12.3 Å². The number of carbonyl (C=O) groups is 3. The maximum Gasteiger partial charge on any atom is 0.277 e. The molecule has 3 amide bonds. The topological polar surface area (TPSA) is 98.7 Å². The van der Waals surface area contributed by atoms with Gasteiger partial charge in [0.15, 0.2) is 0 Å². The Labute approximate surface area is 146 Å². The Kier molecular flexibility index (Phi) is 5.27. The number of aryl methyl sites for hydroxylation is 1. The molecule has 1 aliphatic heterocycles. The van der Waals surface area contributed by atoms with Crippen LogP contribution in [0.2, 0.25) is 0 Å². The first-order chi connectivity index (χ1) is 11.6. The van der Waals surface area contributed by atoms with E-state index in [1.165, 1.54) is 6.08 Å². The summed E-state index contributed by atoms with van der Waals surface area (Å²) in [4.78, 5) is 36.9. The van der Waals surface area contributed by atoms with Crippen molar-refractivity contribution in [2.45, 2.75) is 27.7 Å². The Morgan fingerprint density at radius 3 is 2.48 bits per heavy atom. The largest absolute Gasteiger partial charge is 0.395 e. The van der Waals surface area contributed by atoms with Crippen LogP contribution in [0.3, 0.4) is 0 Å². The molecule has 0 unspecified atom stereocenters. The summed E-state index contributed by atoms with van der Waals surface area (Å²) in [6.45, 7) is 7.04. The first kappa shape index (κ1) is 18.7. The summed E-state index contributed by atoms with van der Waals surface area (Å²) < 4.78 is 0. The van der Waals surface area contributed by atoms with Gasteiger partial charge in [0.25, 0.3) is 11.8 Å². The van der Waals surface area contributed by atoms with E-state index >= 15 is 0 Å². The molecule has 1 aromatic carbocycles. The van der Waals surface area contributed by atoms with E-state index in [4.69, 9.17) is 5.11 Å². The number of nitrogens with zero attached hydrogens (tertiary/aromatic N) is 1. The highest BCUT2D eigenvalue weighted by molar-refractivity contribution is 6.17. The molecular weight excluding hydrogens is 322 g/mol. The zero-order chi connectivity index (χ0) is 18.8. The summed E-state index contributed by atoms with van der Waals surface area (Å²) in [5, 5.41) is 14.7. The van der Waals surface area contributed by atoms with E-state index in [0.29, 0.717) is 11.4 Å². The molecule has 7 heteroatoms. The molecule has 0 bridgehead atoms. The maximum absolute atomic E-state index is 12.1. The Morgan fingerprint density at radius 1 is 1.24 bits per heavy atom. The van der Waals surface area contributed by atoms with Gasteiger partial charge in [0.2, 0.25) is 5.91 Å². The van der Waals surface area contributed by atoms with Crippen molar-refractivity contribution in [3.8, 4) is 0 Å². The SMILES string of the molecule is Cc1cc(NC2=CC(=O)N(CCO)C2=O)ccc1NC(=O)C(C)(C)C. The standard InChI is InChI=1S/C18H23N3O4/c1-11-9-12(5-6-13(11)20-17(25)18(2,3)4)19-14-10-15(23)21(7-8-22)16(14)24/h5-6,9-10,19,22H,7-8H2,1-4H3,(H,20,25). The summed E-state index contributed by atoms with van der Waals surface area (Å²) in [7, 11) is 0. The molecule has 1 aliphatic rings. The molecule has 0 aromatic heterocycles. The van der Waals surface area contributed by atoms with Gasteiger partial charge in [-0.25, -0.2) is 0 Å². The number of aliphatic hydroxyl groups excluding tert-OH is 1. The second-order valence-corrected chi connectivity index (χ2v) is 6.94. The minimum Gasteiger partial charge on any atom is -0.395 e. The molecule has 0 saturated heterocycles. The van der Waals surface area contributed by atoms with Crippen LogP contribution in [0.15, 0.2) is 30.0 Å². The Hall–Kier alpha value is -2.67. The number of β-amino-alcohol motifs (C(OH)–C–C–N with tert-alkyl or cyclic N) is 1. The third-order valence-electron chi connectivity index (χ3n) is 3.77. The van der Waals surface area contributed by atoms with E-state index in [1.54, 1.807) is 18.2 Å². The van der Waals surface area contributed by atoms with Crippen molar-refractivity contribution in [2.75, 3.05) is 23.8 Å². The molecule has 0 fully saturated rings. The minimum absolute atomic E-state index is 0.0316. The van der Waals surface area contributed by atoms with Crippen LogP contribution < -0.4 is 10.6 Å². The van der Waals surface area contributed by atoms with Gasteiger partial charge in [-0.3, -0.25) is 19.3 Å². The predicted octanol–water partition coefficient (Wildman–Crippen LogP) is 1.64. The van der Waals surface area contributed by atoms with Crippen molar-refractivity contribution < 1.29 is 19.5 Å². The van der Waals surface area contributed by atoms with Crippen molar-refractivity contribution in [1.29, 1.82) is 0 Å². The highest BCUT2D eigenvalue weighted by Crippen LogP contribution is 2.24. The third-order valence-corrected chi connectivity index (χ3v) is 3.77. The predicted molar refractivity (Wildman–Crippen MR) is 94.8 cm³/mol. The van der Waals surface area contributed by atoms with Crippen molar-refractivity contribution in [3.05, 3.63) is 35.5 Å². The molecule has 0 radical (unpaired) electrons. The van der Waals surface area contributed by atoms with Crippen molar-refractivity contribution in [1.82, 2.24) is 4.90 Å². The number of rotatable bonds is 5. The number of aliphatic hydroxyl groups is 1. The zero-order valence-electron chi connectivity index (χ0n) is 14.8. The molecule has 25 heavy (non-hydrogen) atoms. The number of hydrogen-bond donors (Lipinski definition) is 3. The van der Waals surface area contributed by atoms with Crippen molar-refractivity contribution >= 4 is 29.1 Å². The molecule has 134 valence electrons. The van der Waals surface area contributed by atoms with E-state index in [9.17, 15) is 14.4 Å². The van der Waals surface area contributed by atoms with E-state index in [0.717, 1.165) is 10.5 Å². The molecule has 3 N–H and O–H groups in total. The van der Waals surface area contributed by atoms with Crippen LogP contribution in [0.5, 0.6) is 0 Å². The number of nitrogens with one attached hydrogen (secondary N) is 2. The molecule has 0 aliphatic carbocycles. The molecule has 0 spiro atoms. The Morgan fingerprint density at radius 2 is 1.92 bits per heavy atom. The van der Waals surface area contributed by atoms with Crippen molar-refractivity contribution in [3.63, 3.8) is 0 Å². The normalized spacial score (nSPS) is 14.6. The van der Waals surface area contributed by atoms with Gasteiger partial charge < -0.3 is 15.7 Å². The van der Waals surface area contributed by atoms with E-state index in [1.807, 2.05) is 27.7 Å². The van der Waals surface area contributed by atoms with Gasteiger partial charge in [-0.1, -0.05) is 20.8 Å². The van der Waals surface area contributed by atoms with Crippen LogP contribution in [0.4, 0.5) is 11.4 Å². The first-order valence-electron chi connectivity index (χ1n) is 8.01. The van der Waals surface area contributed by atoms with Gasteiger partial charge in [-0.05, 0) is 30.7 Å². The van der Waals surface area contributed by atoms with Gasteiger partial charge in [-0.2, -0.15) is 0 Å². The number of hydrogen-bond acceptors (Lipinski definition) is 5. The lowest BCUT2D eigenvalue weighted by Gasteiger charge is -2.19. The van der Waals surface area contributed by atoms with Gasteiger partial charge in [0.1, 0.15) is 5.70 Å². The number of imide groups is 1. The fourth-order valence-corrected chi connectivity index (χ4v) is 2.26. The van der Waals surface area contributed by atoms with Crippen LogP contribution in [0.1, 0.15) is 26.3 Å². The summed E-state index contributed by atoms with van der Waals surface area (Å²) >= 11 is 0. The quantitative estimate of drug-likeness (QED) is 0.705. The summed E-state index contributed by atoms with van der Waals surface area (Å²) in [5.74, 6) is -1.01. The maximum atomic E-state index is 12.1. The van der Waals surface area contributed by atoms with Crippen molar-refractivity contribution in [2.24, 2.45) is 5.41 Å². The average Bonchev–Trinajstić information content (AvgIpc) is 2.77. The van der Waals surface area contributed by atoms with Gasteiger partial charge >= 0.3 is 0 Å². The number of amides is 3.